The fourth-order valence-electron chi connectivity index (χ4n) is 2.29. The van der Waals surface area contributed by atoms with Gasteiger partial charge in [-0.2, -0.15) is 0 Å². The van der Waals surface area contributed by atoms with Gasteiger partial charge in [0.2, 0.25) is 0 Å². The van der Waals surface area contributed by atoms with Gasteiger partial charge in [0.1, 0.15) is 5.78 Å². The van der Waals surface area contributed by atoms with E-state index in [9.17, 15) is 4.79 Å². The van der Waals surface area contributed by atoms with Gasteiger partial charge in [-0.1, -0.05) is 47.0 Å². The Morgan fingerprint density at radius 2 is 1.50 bits per heavy atom. The van der Waals surface area contributed by atoms with Gasteiger partial charge in [0.05, 0.1) is 12.2 Å². The van der Waals surface area contributed by atoms with Gasteiger partial charge in [0.25, 0.3) is 0 Å². The smallest absolute Gasteiger partial charge is 0.133 e. The molecule has 0 spiro atoms. The molecule has 0 unspecified atom stereocenters. The minimum atomic E-state index is -0.110. The summed E-state index contributed by atoms with van der Waals surface area (Å²) >= 11 is 0. The van der Waals surface area contributed by atoms with Crippen LogP contribution >= 0.6 is 0 Å². The van der Waals surface area contributed by atoms with Gasteiger partial charge in [-0.3, -0.25) is 4.79 Å². The lowest BCUT2D eigenvalue weighted by Gasteiger charge is -2.22. The molecular weight excluding hydrogens is 248 g/mol. The van der Waals surface area contributed by atoms with E-state index in [0.29, 0.717) is 30.6 Å². The summed E-state index contributed by atoms with van der Waals surface area (Å²) < 4.78 is 5.74. The maximum atomic E-state index is 12.0. The fourth-order valence-corrected chi connectivity index (χ4v) is 2.29. The second-order valence-electron chi connectivity index (χ2n) is 7.91. The highest BCUT2D eigenvalue weighted by Crippen LogP contribution is 2.18. The first-order valence-corrected chi connectivity index (χ1v) is 8.25. The Morgan fingerprint density at radius 3 is 2.00 bits per heavy atom. The normalized spacial score (nSPS) is 15.4. The minimum absolute atomic E-state index is 0.110. The van der Waals surface area contributed by atoms with Gasteiger partial charge in [-0.25, -0.2) is 0 Å². The molecule has 0 heterocycles. The Labute approximate surface area is 126 Å². The van der Waals surface area contributed by atoms with Crippen molar-refractivity contribution >= 4 is 5.78 Å². The summed E-state index contributed by atoms with van der Waals surface area (Å²) in [6.45, 7) is 15.7. The summed E-state index contributed by atoms with van der Waals surface area (Å²) in [4.78, 5) is 12.0. The molecule has 0 radical (unpaired) electrons. The molecule has 2 nitrogen and oxygen atoms in total. The summed E-state index contributed by atoms with van der Waals surface area (Å²) in [7, 11) is 0. The summed E-state index contributed by atoms with van der Waals surface area (Å²) in [5, 5.41) is 0. The number of hydrogen-bond donors (Lipinski definition) is 0. The topological polar surface area (TPSA) is 26.3 Å². The van der Waals surface area contributed by atoms with E-state index >= 15 is 0 Å². The van der Waals surface area contributed by atoms with Crippen LogP contribution in [0.5, 0.6) is 0 Å². The van der Waals surface area contributed by atoms with E-state index in [2.05, 4.69) is 48.5 Å². The lowest BCUT2D eigenvalue weighted by Crippen LogP contribution is -2.23. The van der Waals surface area contributed by atoms with Crippen molar-refractivity contribution in [2.75, 3.05) is 6.61 Å². The highest BCUT2D eigenvalue weighted by Gasteiger charge is 2.16. The molecule has 0 aliphatic carbocycles. The third-order valence-electron chi connectivity index (χ3n) is 3.43. The zero-order valence-electron chi connectivity index (χ0n) is 14.8. The molecule has 0 rings (SSSR count). The molecule has 2 atom stereocenters. The molecule has 0 amide bonds. The van der Waals surface area contributed by atoms with Crippen LogP contribution in [0.3, 0.4) is 0 Å². The van der Waals surface area contributed by atoms with E-state index in [0.717, 1.165) is 12.3 Å². The Hall–Kier alpha value is -0.370. The van der Waals surface area contributed by atoms with Crippen molar-refractivity contribution in [3.8, 4) is 0 Å². The highest BCUT2D eigenvalue weighted by atomic mass is 16.5. The van der Waals surface area contributed by atoms with Crippen molar-refractivity contribution in [2.24, 2.45) is 17.8 Å². The van der Waals surface area contributed by atoms with Gasteiger partial charge < -0.3 is 4.74 Å². The van der Waals surface area contributed by atoms with E-state index in [1.54, 1.807) is 0 Å². The molecule has 0 bridgehead atoms. The zero-order valence-corrected chi connectivity index (χ0v) is 14.8. The van der Waals surface area contributed by atoms with Crippen molar-refractivity contribution in [3.63, 3.8) is 0 Å². The molecule has 0 aromatic carbocycles. The third kappa shape index (κ3) is 12.7. The van der Waals surface area contributed by atoms with Gasteiger partial charge in [0, 0.05) is 12.8 Å². The predicted octanol–water partition coefficient (Wildman–Crippen LogP) is 5.25. The first-order valence-electron chi connectivity index (χ1n) is 8.25. The quantitative estimate of drug-likeness (QED) is 0.547. The fraction of sp³-hybridized carbons (Fsp3) is 0.944. The van der Waals surface area contributed by atoms with Gasteiger partial charge in [-0.05, 0) is 38.5 Å². The first-order chi connectivity index (χ1) is 9.10. The monoisotopic (exact) mass is 284 g/mol. The van der Waals surface area contributed by atoms with Gasteiger partial charge in [-0.15, -0.1) is 0 Å². The predicted molar refractivity (Wildman–Crippen MR) is 87.0 cm³/mol. The van der Waals surface area contributed by atoms with Crippen LogP contribution in [0, 0.1) is 17.8 Å². The van der Waals surface area contributed by atoms with Crippen molar-refractivity contribution in [1.29, 1.82) is 0 Å². The maximum absolute atomic E-state index is 12.0. The molecule has 0 fully saturated rings. The van der Waals surface area contributed by atoms with Crippen LogP contribution in [0.25, 0.3) is 0 Å². The standard InChI is InChI=1S/C18H36O2/c1-14(2)9-8-10-15(3)11-17(19)12-16(4)13-20-18(5,6)7/h14-16H,8-13H2,1-7H3/t15-,16-/m1/s1. The van der Waals surface area contributed by atoms with E-state index in [-0.39, 0.29) is 5.60 Å². The number of carbonyl (C=O) groups excluding carboxylic acids is 1. The Kier molecular flexibility index (Phi) is 9.37. The number of ketones is 1. The van der Waals surface area contributed by atoms with Crippen molar-refractivity contribution in [1.82, 2.24) is 0 Å². The molecular formula is C18H36O2. The molecule has 120 valence electrons. The maximum Gasteiger partial charge on any atom is 0.133 e. The second kappa shape index (κ2) is 9.55. The van der Waals surface area contributed by atoms with Crippen LogP contribution in [0.2, 0.25) is 0 Å². The SMILES string of the molecule is CC(C)CCC[C@@H](C)CC(=O)C[C@@H](C)COC(C)(C)C. The van der Waals surface area contributed by atoms with E-state index in [1.807, 2.05) is 0 Å². The molecule has 0 aliphatic rings. The second-order valence-corrected chi connectivity index (χ2v) is 7.91. The lowest BCUT2D eigenvalue weighted by atomic mass is 9.93. The van der Waals surface area contributed by atoms with E-state index in [1.165, 1.54) is 19.3 Å². The first kappa shape index (κ1) is 19.6. The van der Waals surface area contributed by atoms with Crippen LogP contribution in [0.4, 0.5) is 0 Å². The van der Waals surface area contributed by atoms with Gasteiger partial charge >= 0.3 is 0 Å². The lowest BCUT2D eigenvalue weighted by molar-refractivity contribution is -0.121. The number of carbonyl (C=O) groups is 1. The van der Waals surface area contributed by atoms with Crippen LogP contribution < -0.4 is 0 Å². The molecule has 0 saturated carbocycles. The zero-order chi connectivity index (χ0) is 15.8. The van der Waals surface area contributed by atoms with Crippen molar-refractivity contribution in [2.45, 2.75) is 86.2 Å². The summed E-state index contributed by atoms with van der Waals surface area (Å²) in [6, 6.07) is 0. The molecule has 2 heteroatoms. The van der Waals surface area contributed by atoms with Crippen LogP contribution in [0.1, 0.15) is 80.6 Å². The van der Waals surface area contributed by atoms with E-state index < -0.39 is 0 Å². The molecule has 0 aromatic rings. The Morgan fingerprint density at radius 1 is 0.950 bits per heavy atom. The van der Waals surface area contributed by atoms with Crippen LogP contribution in [-0.2, 0) is 9.53 Å². The molecule has 0 aromatic heterocycles. The highest BCUT2D eigenvalue weighted by molar-refractivity contribution is 5.78. The average molecular weight is 284 g/mol. The molecule has 0 N–H and O–H groups in total. The Balaban J connectivity index is 3.80. The average Bonchev–Trinajstić information content (AvgIpc) is 2.24. The largest absolute Gasteiger partial charge is 0.376 e. The number of Topliss-reactive ketones (excluding diaryl/α,β-unsaturated/α-hetero) is 1. The van der Waals surface area contributed by atoms with Gasteiger partial charge in [0.15, 0.2) is 0 Å². The Bertz CT molecular complexity index is 263. The third-order valence-corrected chi connectivity index (χ3v) is 3.43. The summed E-state index contributed by atoms with van der Waals surface area (Å²) in [5.74, 6) is 2.01. The molecule has 0 aliphatic heterocycles. The van der Waals surface area contributed by atoms with Crippen LogP contribution in [0.15, 0.2) is 0 Å². The van der Waals surface area contributed by atoms with Crippen molar-refractivity contribution in [3.05, 3.63) is 0 Å². The van der Waals surface area contributed by atoms with E-state index in [4.69, 9.17) is 4.74 Å². The van der Waals surface area contributed by atoms with Crippen molar-refractivity contribution < 1.29 is 9.53 Å². The van der Waals surface area contributed by atoms with Crippen LogP contribution in [-0.4, -0.2) is 18.0 Å². The number of hydrogen-bond acceptors (Lipinski definition) is 2. The number of ether oxygens (including phenoxy) is 1. The molecule has 20 heavy (non-hydrogen) atoms. The minimum Gasteiger partial charge on any atom is -0.376 e. The summed E-state index contributed by atoms with van der Waals surface area (Å²) in [6.07, 6.45) is 5.09. The summed E-state index contributed by atoms with van der Waals surface area (Å²) in [5.41, 5.74) is -0.110. The number of rotatable bonds is 10. The molecule has 0 saturated heterocycles.